The molecule has 2 N–H and O–H groups in total. The fourth-order valence-corrected chi connectivity index (χ4v) is 2.19. The Kier molecular flexibility index (Phi) is 2.73. The topological polar surface area (TPSA) is 53.1 Å². The molecule has 18 heavy (non-hydrogen) atoms. The maximum absolute atomic E-state index is 11.5. The van der Waals surface area contributed by atoms with Gasteiger partial charge in [0.05, 0.1) is 5.41 Å². The van der Waals surface area contributed by atoms with E-state index in [0.29, 0.717) is 0 Å². The molecule has 0 bridgehead atoms. The van der Waals surface area contributed by atoms with Gasteiger partial charge in [-0.25, -0.2) is 0 Å². The first-order chi connectivity index (χ1) is 8.28. The number of rotatable bonds is 3. The number of aromatic amines is 1. The van der Waals surface area contributed by atoms with Gasteiger partial charge in [0.25, 0.3) is 0 Å². The third-order valence-corrected chi connectivity index (χ3v) is 4.36. The van der Waals surface area contributed by atoms with Crippen molar-refractivity contribution in [3.8, 4) is 0 Å². The zero-order valence-corrected chi connectivity index (χ0v) is 11.2. The van der Waals surface area contributed by atoms with Crippen molar-refractivity contribution < 1.29 is 9.90 Å². The van der Waals surface area contributed by atoms with E-state index in [0.717, 1.165) is 16.5 Å². The summed E-state index contributed by atoms with van der Waals surface area (Å²) in [5.74, 6) is -0.780. The number of H-pyrrole nitrogens is 1. The number of nitrogens with one attached hydrogen (secondary N) is 1. The van der Waals surface area contributed by atoms with Crippen molar-refractivity contribution in [3.63, 3.8) is 0 Å². The number of hydrogen-bond donors (Lipinski definition) is 2. The third kappa shape index (κ3) is 1.62. The molecule has 1 heterocycles. The molecular formula is C15H19NO2. The molecule has 0 spiro atoms. The Labute approximate surface area is 107 Å². The van der Waals surface area contributed by atoms with Crippen molar-refractivity contribution in [2.45, 2.75) is 33.1 Å². The molecule has 0 radical (unpaired) electrons. The van der Waals surface area contributed by atoms with Gasteiger partial charge in [0.15, 0.2) is 0 Å². The first kappa shape index (κ1) is 12.7. The number of fused-ring (bicyclic) bond motifs is 1. The maximum atomic E-state index is 11.5. The standard InChI is InChI=1S/C15H19NO2/c1-14(2,15(3,4)13(17)18)11-9-16-12-8-6-5-7-10(11)12/h5-9,16H,1-4H3,(H,17,18). The summed E-state index contributed by atoms with van der Waals surface area (Å²) in [6, 6.07) is 7.98. The molecule has 96 valence electrons. The monoisotopic (exact) mass is 245 g/mol. The highest BCUT2D eigenvalue weighted by molar-refractivity contribution is 5.86. The van der Waals surface area contributed by atoms with E-state index in [2.05, 4.69) is 4.98 Å². The molecule has 0 amide bonds. The zero-order valence-electron chi connectivity index (χ0n) is 11.2. The van der Waals surface area contributed by atoms with E-state index in [1.807, 2.05) is 44.3 Å². The van der Waals surface area contributed by atoms with Crippen molar-refractivity contribution in [1.82, 2.24) is 4.98 Å². The van der Waals surface area contributed by atoms with E-state index >= 15 is 0 Å². The second-order valence-corrected chi connectivity index (χ2v) is 5.80. The number of benzene rings is 1. The Bertz CT molecular complexity index is 593. The molecule has 3 nitrogen and oxygen atoms in total. The number of para-hydroxylation sites is 1. The number of hydrogen-bond acceptors (Lipinski definition) is 1. The van der Waals surface area contributed by atoms with Crippen molar-refractivity contribution in [2.75, 3.05) is 0 Å². The van der Waals surface area contributed by atoms with Crippen LogP contribution in [0.4, 0.5) is 0 Å². The second-order valence-electron chi connectivity index (χ2n) is 5.80. The molecule has 0 aliphatic rings. The van der Waals surface area contributed by atoms with Gasteiger partial charge in [-0.1, -0.05) is 32.0 Å². The van der Waals surface area contributed by atoms with E-state index in [9.17, 15) is 9.90 Å². The van der Waals surface area contributed by atoms with Gasteiger partial charge in [-0.3, -0.25) is 4.79 Å². The van der Waals surface area contributed by atoms with Crippen LogP contribution in [0.3, 0.4) is 0 Å². The summed E-state index contributed by atoms with van der Waals surface area (Å²) in [6.45, 7) is 7.52. The number of aromatic nitrogens is 1. The van der Waals surface area contributed by atoms with Crippen LogP contribution >= 0.6 is 0 Å². The normalized spacial score (nSPS) is 12.9. The molecule has 1 aromatic carbocycles. The molecule has 0 atom stereocenters. The summed E-state index contributed by atoms with van der Waals surface area (Å²) < 4.78 is 0. The minimum absolute atomic E-state index is 0.460. The van der Waals surface area contributed by atoms with Gasteiger partial charge in [-0.05, 0) is 25.5 Å². The van der Waals surface area contributed by atoms with Crippen molar-refractivity contribution >= 4 is 16.9 Å². The average Bonchev–Trinajstić information content (AvgIpc) is 2.72. The van der Waals surface area contributed by atoms with E-state index in [4.69, 9.17) is 0 Å². The van der Waals surface area contributed by atoms with Crippen molar-refractivity contribution in [2.24, 2.45) is 5.41 Å². The van der Waals surface area contributed by atoms with Gasteiger partial charge in [0.2, 0.25) is 0 Å². The summed E-state index contributed by atoms with van der Waals surface area (Å²) in [5, 5.41) is 10.5. The second kappa shape index (κ2) is 3.87. The van der Waals surface area contributed by atoms with Gasteiger partial charge >= 0.3 is 5.97 Å². The Balaban J connectivity index is 2.64. The molecule has 0 saturated carbocycles. The highest BCUT2D eigenvalue weighted by Crippen LogP contribution is 2.44. The Morgan fingerprint density at radius 1 is 1.17 bits per heavy atom. The molecule has 1 aromatic heterocycles. The molecule has 2 aromatic rings. The Hall–Kier alpha value is -1.77. The van der Waals surface area contributed by atoms with Crippen LogP contribution in [0, 0.1) is 5.41 Å². The summed E-state index contributed by atoms with van der Waals surface area (Å²) in [7, 11) is 0. The Morgan fingerprint density at radius 3 is 2.39 bits per heavy atom. The summed E-state index contributed by atoms with van der Waals surface area (Å²) in [5.41, 5.74) is 0.795. The lowest BCUT2D eigenvalue weighted by molar-refractivity contribution is -0.150. The van der Waals surface area contributed by atoms with Gasteiger partial charge < -0.3 is 10.1 Å². The van der Waals surface area contributed by atoms with Gasteiger partial charge in [-0.15, -0.1) is 0 Å². The SMILES string of the molecule is CC(C)(C(=O)O)C(C)(C)c1c[nH]c2ccccc12. The van der Waals surface area contributed by atoms with Gasteiger partial charge in [0, 0.05) is 22.5 Å². The lowest BCUT2D eigenvalue weighted by Crippen LogP contribution is -2.42. The van der Waals surface area contributed by atoms with Crippen LogP contribution < -0.4 is 0 Å². The lowest BCUT2D eigenvalue weighted by atomic mass is 9.64. The van der Waals surface area contributed by atoms with Crippen LogP contribution in [0.2, 0.25) is 0 Å². The number of carboxylic acids is 1. The van der Waals surface area contributed by atoms with Crippen molar-refractivity contribution in [3.05, 3.63) is 36.0 Å². The van der Waals surface area contributed by atoms with E-state index in [1.165, 1.54) is 0 Å². The first-order valence-corrected chi connectivity index (χ1v) is 6.08. The fraction of sp³-hybridized carbons (Fsp3) is 0.400. The average molecular weight is 245 g/mol. The Morgan fingerprint density at radius 2 is 1.78 bits per heavy atom. The van der Waals surface area contributed by atoms with Gasteiger partial charge in [0.1, 0.15) is 0 Å². The first-order valence-electron chi connectivity index (χ1n) is 6.08. The van der Waals surface area contributed by atoms with Crippen LogP contribution in [0.5, 0.6) is 0 Å². The van der Waals surface area contributed by atoms with Crippen LogP contribution in [0.25, 0.3) is 10.9 Å². The van der Waals surface area contributed by atoms with Crippen LogP contribution in [0.1, 0.15) is 33.3 Å². The minimum atomic E-state index is -0.835. The maximum Gasteiger partial charge on any atom is 0.309 e. The number of carbonyl (C=O) groups is 1. The molecule has 0 fully saturated rings. The quantitative estimate of drug-likeness (QED) is 0.868. The van der Waals surface area contributed by atoms with Gasteiger partial charge in [-0.2, -0.15) is 0 Å². The highest BCUT2D eigenvalue weighted by atomic mass is 16.4. The molecule has 0 saturated heterocycles. The molecule has 3 heteroatoms. The van der Waals surface area contributed by atoms with Crippen LogP contribution in [0.15, 0.2) is 30.5 Å². The van der Waals surface area contributed by atoms with E-state index in [-0.39, 0.29) is 0 Å². The fourth-order valence-electron chi connectivity index (χ4n) is 2.19. The van der Waals surface area contributed by atoms with Crippen molar-refractivity contribution in [1.29, 1.82) is 0 Å². The molecule has 0 unspecified atom stereocenters. The predicted octanol–water partition coefficient (Wildman–Crippen LogP) is 3.56. The van der Waals surface area contributed by atoms with Crippen LogP contribution in [-0.4, -0.2) is 16.1 Å². The largest absolute Gasteiger partial charge is 0.481 e. The number of aliphatic carboxylic acids is 1. The van der Waals surface area contributed by atoms with E-state index < -0.39 is 16.8 Å². The summed E-state index contributed by atoms with van der Waals surface area (Å²) >= 11 is 0. The molecule has 0 aliphatic carbocycles. The highest BCUT2D eigenvalue weighted by Gasteiger charge is 2.45. The molecule has 2 rings (SSSR count). The predicted molar refractivity (Wildman–Crippen MR) is 72.7 cm³/mol. The number of carboxylic acid groups (broad SMARTS) is 1. The molecule has 0 aliphatic heterocycles. The minimum Gasteiger partial charge on any atom is -0.481 e. The summed E-state index contributed by atoms with van der Waals surface area (Å²) in [6.07, 6.45) is 1.93. The zero-order chi connectivity index (χ0) is 13.6. The third-order valence-electron chi connectivity index (χ3n) is 4.36. The lowest BCUT2D eigenvalue weighted by Gasteiger charge is -2.38. The molecular weight excluding hydrogens is 226 g/mol. The smallest absolute Gasteiger partial charge is 0.309 e. The summed E-state index contributed by atoms with van der Waals surface area (Å²) in [4.78, 5) is 14.7. The van der Waals surface area contributed by atoms with Crippen LogP contribution in [-0.2, 0) is 10.2 Å². The van der Waals surface area contributed by atoms with E-state index in [1.54, 1.807) is 13.8 Å².